The van der Waals surface area contributed by atoms with Crippen molar-refractivity contribution in [1.82, 2.24) is 15.6 Å². The fraction of sp³-hybridized carbons (Fsp3) is 0.556. The summed E-state index contributed by atoms with van der Waals surface area (Å²) >= 11 is 3.58. The number of aromatic nitrogens is 1. The lowest BCUT2D eigenvalue weighted by Crippen LogP contribution is -2.48. The van der Waals surface area contributed by atoms with Crippen LogP contribution in [0.3, 0.4) is 0 Å². The molecule has 25 heavy (non-hydrogen) atoms. The highest BCUT2D eigenvalue weighted by atomic mass is 32.1. The fourth-order valence-electron chi connectivity index (χ4n) is 2.94. The maximum Gasteiger partial charge on any atom is 0.191 e. The van der Waals surface area contributed by atoms with Crippen LogP contribution in [0.15, 0.2) is 28.7 Å². The van der Waals surface area contributed by atoms with Gasteiger partial charge in [0.25, 0.3) is 0 Å². The van der Waals surface area contributed by atoms with E-state index in [1.54, 1.807) is 11.3 Å². The van der Waals surface area contributed by atoms with Gasteiger partial charge in [-0.2, -0.15) is 0 Å². The first-order valence-corrected chi connectivity index (χ1v) is 10.7. The van der Waals surface area contributed by atoms with E-state index in [2.05, 4.69) is 51.9 Å². The van der Waals surface area contributed by atoms with Gasteiger partial charge in [0, 0.05) is 36.8 Å². The molecule has 2 aromatic rings. The lowest BCUT2D eigenvalue weighted by Gasteiger charge is -2.33. The summed E-state index contributed by atoms with van der Waals surface area (Å²) in [5.41, 5.74) is 0. The highest BCUT2D eigenvalue weighted by Crippen LogP contribution is 2.24. The van der Waals surface area contributed by atoms with Crippen LogP contribution >= 0.6 is 22.7 Å². The molecule has 0 amide bonds. The second kappa shape index (κ2) is 9.20. The van der Waals surface area contributed by atoms with Crippen molar-refractivity contribution >= 4 is 33.6 Å². The molecule has 1 aliphatic heterocycles. The highest BCUT2D eigenvalue weighted by Gasteiger charge is 2.20. The van der Waals surface area contributed by atoms with E-state index >= 15 is 0 Å². The summed E-state index contributed by atoms with van der Waals surface area (Å²) in [4.78, 5) is 13.0. The van der Waals surface area contributed by atoms with E-state index in [1.807, 2.05) is 17.5 Å². The largest absolute Gasteiger partial charge is 0.363 e. The first-order valence-electron chi connectivity index (χ1n) is 9.05. The molecule has 0 aromatic carbocycles. The second-order valence-electron chi connectivity index (χ2n) is 6.13. The van der Waals surface area contributed by atoms with Crippen LogP contribution in [0, 0.1) is 0 Å². The van der Waals surface area contributed by atoms with Gasteiger partial charge in [0.15, 0.2) is 5.96 Å². The van der Waals surface area contributed by atoms with Crippen LogP contribution in [0.5, 0.6) is 0 Å². The molecule has 7 heteroatoms. The minimum absolute atomic E-state index is 0.483. The van der Waals surface area contributed by atoms with Crippen molar-refractivity contribution in [2.75, 3.05) is 24.5 Å². The number of piperidine rings is 1. The molecule has 5 nitrogen and oxygen atoms in total. The Balaban J connectivity index is 1.52. The summed E-state index contributed by atoms with van der Waals surface area (Å²) in [5.74, 6) is 0.908. The molecule has 2 N–H and O–H groups in total. The summed E-state index contributed by atoms with van der Waals surface area (Å²) < 4.78 is 0. The molecule has 1 fully saturated rings. The van der Waals surface area contributed by atoms with Crippen molar-refractivity contribution in [3.05, 3.63) is 33.6 Å². The molecule has 0 atom stereocenters. The second-order valence-corrected chi connectivity index (χ2v) is 8.25. The molecule has 3 heterocycles. The van der Waals surface area contributed by atoms with E-state index in [1.165, 1.54) is 9.88 Å². The monoisotopic (exact) mass is 377 g/mol. The molecular formula is C18H27N5S2. The van der Waals surface area contributed by atoms with Crippen molar-refractivity contribution in [2.45, 2.75) is 45.7 Å². The van der Waals surface area contributed by atoms with Crippen molar-refractivity contribution in [3.8, 4) is 0 Å². The summed E-state index contributed by atoms with van der Waals surface area (Å²) in [6.45, 7) is 7.99. The Morgan fingerprint density at radius 3 is 2.84 bits per heavy atom. The van der Waals surface area contributed by atoms with Crippen molar-refractivity contribution < 1.29 is 0 Å². The quantitative estimate of drug-likeness (QED) is 0.598. The van der Waals surface area contributed by atoms with Gasteiger partial charge in [0.2, 0.25) is 0 Å². The molecule has 0 radical (unpaired) electrons. The summed E-state index contributed by atoms with van der Waals surface area (Å²) in [6.07, 6.45) is 5.29. The van der Waals surface area contributed by atoms with Crippen LogP contribution in [-0.2, 0) is 13.0 Å². The molecule has 1 saturated heterocycles. The van der Waals surface area contributed by atoms with Crippen LogP contribution in [0.4, 0.5) is 5.00 Å². The van der Waals surface area contributed by atoms with E-state index < -0.39 is 0 Å². The normalized spacial score (nSPS) is 16.2. The van der Waals surface area contributed by atoms with E-state index in [0.29, 0.717) is 12.6 Å². The summed E-state index contributed by atoms with van der Waals surface area (Å²) in [7, 11) is 0. The van der Waals surface area contributed by atoms with Gasteiger partial charge in [0.05, 0.1) is 11.5 Å². The first kappa shape index (κ1) is 18.2. The number of aliphatic imine (C=N–C) groups is 1. The zero-order chi connectivity index (χ0) is 17.5. The number of guanidine groups is 1. The molecule has 0 aliphatic carbocycles. The van der Waals surface area contributed by atoms with Crippen LogP contribution < -0.4 is 15.5 Å². The minimum Gasteiger partial charge on any atom is -0.363 e. The highest BCUT2D eigenvalue weighted by molar-refractivity contribution is 7.14. The number of nitrogens with zero attached hydrogens (tertiary/aromatic N) is 3. The number of thiophene rings is 1. The Bertz CT molecular complexity index is 657. The third kappa shape index (κ3) is 5.19. The van der Waals surface area contributed by atoms with Gasteiger partial charge in [-0.15, -0.1) is 22.7 Å². The number of anilines is 1. The Hall–Kier alpha value is -1.60. The Morgan fingerprint density at radius 1 is 1.36 bits per heavy atom. The maximum absolute atomic E-state index is 4.73. The van der Waals surface area contributed by atoms with Crippen molar-refractivity contribution in [2.24, 2.45) is 4.99 Å². The van der Waals surface area contributed by atoms with Crippen LogP contribution in [-0.4, -0.2) is 36.6 Å². The number of rotatable bonds is 6. The maximum atomic E-state index is 4.73. The lowest BCUT2D eigenvalue weighted by molar-refractivity contribution is 0.463. The number of aryl methyl sites for hydroxylation is 1. The number of hydrogen-bond acceptors (Lipinski definition) is 5. The predicted molar refractivity (Wildman–Crippen MR) is 109 cm³/mol. The average molecular weight is 378 g/mol. The zero-order valence-corrected chi connectivity index (χ0v) is 16.6. The zero-order valence-electron chi connectivity index (χ0n) is 15.0. The van der Waals surface area contributed by atoms with Gasteiger partial charge in [-0.3, -0.25) is 0 Å². The molecule has 3 rings (SSSR count). The lowest BCUT2D eigenvalue weighted by atomic mass is 10.1. The van der Waals surface area contributed by atoms with Gasteiger partial charge in [-0.05, 0) is 43.7 Å². The van der Waals surface area contributed by atoms with Crippen LogP contribution in [0.2, 0.25) is 0 Å². The van der Waals surface area contributed by atoms with E-state index in [-0.39, 0.29) is 0 Å². The smallest absolute Gasteiger partial charge is 0.191 e. The predicted octanol–water partition coefficient (Wildman–Crippen LogP) is 3.49. The summed E-state index contributed by atoms with van der Waals surface area (Å²) in [6, 6.07) is 4.82. The van der Waals surface area contributed by atoms with E-state index in [0.717, 1.165) is 49.9 Å². The van der Waals surface area contributed by atoms with Gasteiger partial charge < -0.3 is 15.5 Å². The molecule has 0 bridgehead atoms. The molecule has 0 saturated carbocycles. The van der Waals surface area contributed by atoms with E-state index in [4.69, 9.17) is 4.99 Å². The molecule has 136 valence electrons. The molecule has 0 spiro atoms. The molecule has 2 aromatic heterocycles. The van der Waals surface area contributed by atoms with Gasteiger partial charge in [-0.25, -0.2) is 9.98 Å². The van der Waals surface area contributed by atoms with E-state index in [9.17, 15) is 0 Å². The fourth-order valence-corrected chi connectivity index (χ4v) is 4.51. The number of hydrogen-bond donors (Lipinski definition) is 2. The van der Waals surface area contributed by atoms with Crippen LogP contribution in [0.25, 0.3) is 0 Å². The van der Waals surface area contributed by atoms with Gasteiger partial charge in [0.1, 0.15) is 5.01 Å². The Morgan fingerprint density at radius 2 is 2.20 bits per heavy atom. The van der Waals surface area contributed by atoms with Gasteiger partial charge in [-0.1, -0.05) is 6.92 Å². The number of thiazole rings is 1. The average Bonchev–Trinajstić information content (AvgIpc) is 3.32. The summed E-state index contributed by atoms with van der Waals surface area (Å²) in [5, 5.41) is 11.6. The molecule has 1 aliphatic rings. The number of nitrogens with one attached hydrogen (secondary N) is 2. The third-order valence-electron chi connectivity index (χ3n) is 4.32. The first-order chi connectivity index (χ1) is 12.3. The van der Waals surface area contributed by atoms with Gasteiger partial charge >= 0.3 is 0 Å². The minimum atomic E-state index is 0.483. The topological polar surface area (TPSA) is 52.6 Å². The molecule has 0 unspecified atom stereocenters. The Kier molecular flexibility index (Phi) is 6.69. The Labute approximate surface area is 158 Å². The standard InChI is InChI=1S/C18H27N5S2/c1-3-15-12-20-16(25-15)13-21-18(19-4-2)22-14-7-9-23(10-8-14)17-6-5-11-24-17/h5-6,11-12,14H,3-4,7-10,13H2,1-2H3,(H2,19,21,22). The van der Waals surface area contributed by atoms with Crippen molar-refractivity contribution in [1.29, 1.82) is 0 Å². The van der Waals surface area contributed by atoms with Crippen LogP contribution in [0.1, 0.15) is 36.6 Å². The SMILES string of the molecule is CCNC(=NCc1ncc(CC)s1)NC1CCN(c2cccs2)CC1. The van der Waals surface area contributed by atoms with Crippen molar-refractivity contribution in [3.63, 3.8) is 0 Å². The third-order valence-corrected chi connectivity index (χ3v) is 6.38. The molecular weight excluding hydrogens is 350 g/mol.